The first-order valence-corrected chi connectivity index (χ1v) is 8.25. The average Bonchev–Trinajstić information content (AvgIpc) is 2.38. The van der Waals surface area contributed by atoms with Gasteiger partial charge >= 0.3 is 0 Å². The van der Waals surface area contributed by atoms with Crippen LogP contribution >= 0.6 is 7.92 Å². The highest BCUT2D eigenvalue weighted by Crippen LogP contribution is 2.56. The van der Waals surface area contributed by atoms with Gasteiger partial charge in [-0.3, -0.25) is 14.7 Å². The van der Waals surface area contributed by atoms with E-state index in [1.165, 1.54) is 12.6 Å². The molecular weight excluding hydrogens is 245 g/mol. The third-order valence-electron chi connectivity index (χ3n) is 4.10. The Bertz CT molecular complexity index is 413. The van der Waals surface area contributed by atoms with Crippen molar-refractivity contribution < 1.29 is 5.11 Å². The molecule has 4 saturated heterocycles. The van der Waals surface area contributed by atoms with Gasteiger partial charge in [0.05, 0.1) is 31.9 Å². The van der Waals surface area contributed by atoms with Crippen LogP contribution in [-0.4, -0.2) is 58.2 Å². The molecule has 4 aliphatic rings. The molecule has 0 aromatic heterocycles. The van der Waals surface area contributed by atoms with Crippen LogP contribution in [-0.2, 0) is 0 Å². The van der Waals surface area contributed by atoms with Crippen molar-refractivity contribution in [2.45, 2.75) is 11.9 Å². The predicted molar refractivity (Wildman–Crippen MR) is 72.0 cm³/mol. The van der Waals surface area contributed by atoms with E-state index in [0.717, 1.165) is 25.6 Å². The van der Waals surface area contributed by atoms with Gasteiger partial charge in [-0.1, -0.05) is 38.3 Å². The van der Waals surface area contributed by atoms with Crippen molar-refractivity contribution >= 4 is 7.92 Å². The van der Waals surface area contributed by atoms with Crippen molar-refractivity contribution in [3.8, 4) is 0 Å². The van der Waals surface area contributed by atoms with Crippen molar-refractivity contribution in [2.24, 2.45) is 0 Å². The van der Waals surface area contributed by atoms with Gasteiger partial charge in [-0.05, 0) is 5.56 Å². The number of nitrogens with zero attached hydrogens (tertiary/aromatic N) is 3. The lowest BCUT2D eigenvalue weighted by molar-refractivity contribution is -0.0708. The van der Waals surface area contributed by atoms with Crippen LogP contribution in [0, 0.1) is 0 Å². The summed E-state index contributed by atoms with van der Waals surface area (Å²) in [4.78, 5) is 7.47. The molecule has 0 radical (unpaired) electrons. The van der Waals surface area contributed by atoms with E-state index < -0.39 is 0 Å². The molecule has 96 valence electrons. The van der Waals surface area contributed by atoms with Gasteiger partial charge < -0.3 is 5.11 Å². The van der Waals surface area contributed by atoms with Crippen molar-refractivity contribution in [3.05, 3.63) is 35.9 Å². The molecule has 4 heterocycles. The lowest BCUT2D eigenvalue weighted by Crippen LogP contribution is -2.66. The highest BCUT2D eigenvalue weighted by atomic mass is 31.1. The Morgan fingerprint density at radius 1 is 1.06 bits per heavy atom. The van der Waals surface area contributed by atoms with E-state index in [4.69, 9.17) is 0 Å². The Balaban J connectivity index is 1.61. The molecule has 4 aliphatic heterocycles. The minimum Gasteiger partial charge on any atom is -0.386 e. The molecule has 5 heteroatoms. The molecule has 4 nitrogen and oxygen atoms in total. The molecular formula is C13H18N3OP. The van der Waals surface area contributed by atoms with Gasteiger partial charge in [0.15, 0.2) is 0 Å². The highest BCUT2D eigenvalue weighted by molar-refractivity contribution is 7.58. The predicted octanol–water partition coefficient (Wildman–Crippen LogP) is 1.26. The third-order valence-corrected chi connectivity index (χ3v) is 6.98. The first-order valence-electron chi connectivity index (χ1n) is 6.47. The van der Waals surface area contributed by atoms with Gasteiger partial charge in [-0.15, -0.1) is 0 Å². The van der Waals surface area contributed by atoms with Crippen LogP contribution in [0.5, 0.6) is 0 Å². The number of hydrogen-bond acceptors (Lipinski definition) is 4. The van der Waals surface area contributed by atoms with E-state index >= 15 is 0 Å². The van der Waals surface area contributed by atoms with E-state index in [1.54, 1.807) is 0 Å². The lowest BCUT2D eigenvalue weighted by atomic mass is 10.1. The minimum atomic E-state index is -0.320. The number of aliphatic hydroxyl groups excluding tert-OH is 1. The number of hydrogen-bond donors (Lipinski definition) is 1. The van der Waals surface area contributed by atoms with Crippen LogP contribution in [0.25, 0.3) is 0 Å². The average molecular weight is 263 g/mol. The van der Waals surface area contributed by atoms with Crippen LogP contribution in [0.1, 0.15) is 11.7 Å². The Morgan fingerprint density at radius 2 is 1.72 bits per heavy atom. The smallest absolute Gasteiger partial charge is 0.0986 e. The van der Waals surface area contributed by atoms with E-state index in [1.807, 2.05) is 30.3 Å². The summed E-state index contributed by atoms with van der Waals surface area (Å²) < 4.78 is 0. The van der Waals surface area contributed by atoms with Gasteiger partial charge in [0.2, 0.25) is 0 Å². The molecule has 0 aliphatic carbocycles. The van der Waals surface area contributed by atoms with E-state index in [0.29, 0.717) is 5.78 Å². The molecule has 5 rings (SSSR count). The lowest BCUT2D eigenvalue weighted by Gasteiger charge is -2.60. The summed E-state index contributed by atoms with van der Waals surface area (Å²) in [5, 5.41) is 10.7. The van der Waals surface area contributed by atoms with Crippen molar-refractivity contribution in [1.82, 2.24) is 14.7 Å². The summed E-state index contributed by atoms with van der Waals surface area (Å²) in [5.41, 5.74) is 1.07. The SMILES string of the molecule is OC(c1ccccc1)C1N2CN3CN(C2)CP1C3. The van der Waals surface area contributed by atoms with E-state index in [-0.39, 0.29) is 14.0 Å². The van der Waals surface area contributed by atoms with Crippen molar-refractivity contribution in [3.63, 3.8) is 0 Å². The van der Waals surface area contributed by atoms with Crippen LogP contribution in [0.2, 0.25) is 0 Å². The molecule has 1 aromatic rings. The highest BCUT2D eigenvalue weighted by Gasteiger charge is 2.47. The second-order valence-corrected chi connectivity index (χ2v) is 7.77. The zero-order valence-corrected chi connectivity index (χ0v) is 11.2. The van der Waals surface area contributed by atoms with Crippen LogP contribution < -0.4 is 0 Å². The second kappa shape index (κ2) is 4.26. The molecule has 1 aromatic carbocycles. The summed E-state index contributed by atoms with van der Waals surface area (Å²) in [6.45, 7) is 3.19. The van der Waals surface area contributed by atoms with Gasteiger partial charge in [0.25, 0.3) is 0 Å². The normalized spacial score (nSPS) is 43.1. The molecule has 0 amide bonds. The zero-order chi connectivity index (χ0) is 12.1. The summed E-state index contributed by atoms with van der Waals surface area (Å²) in [6.07, 6.45) is 2.09. The molecule has 0 spiro atoms. The Kier molecular flexibility index (Phi) is 2.68. The molecule has 4 atom stereocenters. The quantitative estimate of drug-likeness (QED) is 0.814. The molecule has 4 unspecified atom stereocenters. The molecule has 4 bridgehead atoms. The number of aliphatic hydroxyl groups is 1. The van der Waals surface area contributed by atoms with Crippen LogP contribution in [0.3, 0.4) is 0 Å². The molecule has 0 saturated carbocycles. The standard InChI is InChI=1S/C13H18N3OP/c17-12(11-4-2-1-3-5-11)13-16-7-14-6-15(8-16)10-18(13)9-14/h1-5,12-13,17H,6-10H2. The van der Waals surface area contributed by atoms with Crippen molar-refractivity contribution in [1.29, 1.82) is 0 Å². The van der Waals surface area contributed by atoms with Gasteiger partial charge in [0, 0.05) is 12.6 Å². The second-order valence-electron chi connectivity index (χ2n) is 5.50. The topological polar surface area (TPSA) is 30.0 Å². The Labute approximate surface area is 109 Å². The molecule has 1 N–H and O–H groups in total. The van der Waals surface area contributed by atoms with Crippen LogP contribution in [0.15, 0.2) is 30.3 Å². The molecule has 18 heavy (non-hydrogen) atoms. The minimum absolute atomic E-state index is 0.110. The summed E-state index contributed by atoms with van der Waals surface area (Å²) in [5.74, 6) is 0.357. The largest absolute Gasteiger partial charge is 0.386 e. The van der Waals surface area contributed by atoms with Gasteiger partial charge in [0.1, 0.15) is 0 Å². The number of benzene rings is 1. The fraction of sp³-hybridized carbons (Fsp3) is 0.538. The fourth-order valence-electron chi connectivity index (χ4n) is 3.46. The van der Waals surface area contributed by atoms with Crippen molar-refractivity contribution in [2.75, 3.05) is 32.6 Å². The summed E-state index contributed by atoms with van der Waals surface area (Å²) in [7, 11) is -0.110. The maximum atomic E-state index is 10.7. The van der Waals surface area contributed by atoms with Gasteiger partial charge in [-0.25, -0.2) is 0 Å². The van der Waals surface area contributed by atoms with Crippen LogP contribution in [0.4, 0.5) is 0 Å². The first kappa shape index (κ1) is 11.3. The maximum absolute atomic E-state index is 10.7. The first-order chi connectivity index (χ1) is 8.81. The Hall–Kier alpha value is -0.510. The maximum Gasteiger partial charge on any atom is 0.0986 e. The monoisotopic (exact) mass is 263 g/mol. The number of rotatable bonds is 2. The summed E-state index contributed by atoms with van der Waals surface area (Å²) >= 11 is 0. The molecule has 4 fully saturated rings. The van der Waals surface area contributed by atoms with E-state index in [9.17, 15) is 5.11 Å². The summed E-state index contributed by atoms with van der Waals surface area (Å²) in [6, 6.07) is 10.1. The zero-order valence-electron chi connectivity index (χ0n) is 10.3. The van der Waals surface area contributed by atoms with Gasteiger partial charge in [-0.2, -0.15) is 0 Å². The fourth-order valence-corrected chi connectivity index (χ4v) is 6.44. The van der Waals surface area contributed by atoms with E-state index in [2.05, 4.69) is 14.7 Å². The Morgan fingerprint density at radius 3 is 2.33 bits per heavy atom. The third kappa shape index (κ3) is 1.72.